The van der Waals surface area contributed by atoms with E-state index in [1.807, 2.05) is 12.1 Å². The molecular formula is C24H29NO3. The summed E-state index contributed by atoms with van der Waals surface area (Å²) in [5.41, 5.74) is 4.89. The Morgan fingerprint density at radius 1 is 1.00 bits per heavy atom. The van der Waals surface area contributed by atoms with Crippen LogP contribution in [0.2, 0.25) is 0 Å². The lowest BCUT2D eigenvalue weighted by molar-refractivity contribution is 0.127. The molecule has 2 aliphatic rings. The Bertz CT molecular complexity index is 768. The predicted molar refractivity (Wildman–Crippen MR) is 110 cm³/mol. The molecule has 4 rings (SSSR count). The van der Waals surface area contributed by atoms with Crippen molar-refractivity contribution in [3.8, 4) is 11.1 Å². The molecule has 2 aliphatic carbocycles. The van der Waals surface area contributed by atoms with E-state index >= 15 is 0 Å². The summed E-state index contributed by atoms with van der Waals surface area (Å²) >= 11 is 0. The van der Waals surface area contributed by atoms with Crippen LogP contribution >= 0.6 is 0 Å². The number of alkyl carbamates (subject to hydrolysis) is 1. The van der Waals surface area contributed by atoms with Gasteiger partial charge in [0.05, 0.1) is 0 Å². The largest absolute Gasteiger partial charge is 0.449 e. The minimum atomic E-state index is -0.370. The van der Waals surface area contributed by atoms with Gasteiger partial charge in [0.25, 0.3) is 0 Å². The first-order chi connectivity index (χ1) is 13.8. The number of hydrogen-bond acceptors (Lipinski definition) is 3. The number of nitrogens with one attached hydrogen (secondary N) is 1. The van der Waals surface area contributed by atoms with Crippen LogP contribution in [0.4, 0.5) is 4.79 Å². The van der Waals surface area contributed by atoms with Gasteiger partial charge in [-0.3, -0.25) is 0 Å². The van der Waals surface area contributed by atoms with Crippen molar-refractivity contribution in [2.75, 3.05) is 13.2 Å². The summed E-state index contributed by atoms with van der Waals surface area (Å²) in [6.07, 6.45) is 6.15. The number of aliphatic hydroxyl groups excluding tert-OH is 1. The topological polar surface area (TPSA) is 58.6 Å². The molecular weight excluding hydrogens is 350 g/mol. The number of benzene rings is 2. The van der Waals surface area contributed by atoms with Crippen LogP contribution in [0.1, 0.15) is 55.6 Å². The maximum absolute atomic E-state index is 12.5. The van der Waals surface area contributed by atoms with Crippen LogP contribution in [0.25, 0.3) is 11.1 Å². The SMILES string of the molecule is O=C(N[C@@H](CCO)C1CCCCC1)OCC1c2ccccc2-c2ccccc21. The van der Waals surface area contributed by atoms with E-state index in [0.29, 0.717) is 18.9 Å². The van der Waals surface area contributed by atoms with Gasteiger partial charge >= 0.3 is 6.09 Å². The quantitative estimate of drug-likeness (QED) is 0.754. The van der Waals surface area contributed by atoms with Crippen molar-refractivity contribution in [2.24, 2.45) is 5.92 Å². The van der Waals surface area contributed by atoms with Gasteiger partial charge in [-0.05, 0) is 47.4 Å². The van der Waals surface area contributed by atoms with Gasteiger partial charge in [0.1, 0.15) is 6.61 Å². The Morgan fingerprint density at radius 3 is 2.21 bits per heavy atom. The summed E-state index contributed by atoms with van der Waals surface area (Å²) in [6, 6.07) is 16.7. The van der Waals surface area contributed by atoms with Gasteiger partial charge in [0, 0.05) is 18.6 Å². The predicted octanol–water partition coefficient (Wildman–Crippen LogP) is 4.86. The fraction of sp³-hybridized carbons (Fsp3) is 0.458. The molecule has 4 heteroatoms. The zero-order chi connectivity index (χ0) is 19.3. The van der Waals surface area contributed by atoms with Gasteiger partial charge in [0.15, 0.2) is 0 Å². The Hall–Kier alpha value is -2.33. The second-order valence-electron chi connectivity index (χ2n) is 7.99. The second kappa shape index (κ2) is 8.78. The highest BCUT2D eigenvalue weighted by Gasteiger charge is 2.30. The van der Waals surface area contributed by atoms with Crippen LogP contribution in [0.15, 0.2) is 48.5 Å². The van der Waals surface area contributed by atoms with Crippen LogP contribution in [0, 0.1) is 5.92 Å². The van der Waals surface area contributed by atoms with Gasteiger partial charge in [0.2, 0.25) is 0 Å². The van der Waals surface area contributed by atoms with Gasteiger partial charge in [-0.2, -0.15) is 0 Å². The van der Waals surface area contributed by atoms with E-state index in [-0.39, 0.29) is 24.7 Å². The van der Waals surface area contributed by atoms with Crippen LogP contribution in [-0.2, 0) is 4.74 Å². The molecule has 0 saturated heterocycles. The third-order valence-corrected chi connectivity index (χ3v) is 6.31. The molecule has 2 aromatic carbocycles. The maximum atomic E-state index is 12.5. The number of ether oxygens (including phenoxy) is 1. The van der Waals surface area contributed by atoms with Gasteiger partial charge < -0.3 is 15.2 Å². The summed E-state index contributed by atoms with van der Waals surface area (Å²) in [5.74, 6) is 0.519. The molecule has 0 unspecified atom stereocenters. The number of fused-ring (bicyclic) bond motifs is 3. The van der Waals surface area contributed by atoms with Crippen molar-refractivity contribution in [1.29, 1.82) is 0 Å². The third kappa shape index (κ3) is 3.93. The first-order valence-corrected chi connectivity index (χ1v) is 10.5. The fourth-order valence-electron chi connectivity index (χ4n) is 4.89. The average molecular weight is 380 g/mol. The summed E-state index contributed by atoms with van der Waals surface area (Å²) in [4.78, 5) is 12.5. The number of hydrogen-bond donors (Lipinski definition) is 2. The van der Waals surface area contributed by atoms with Crippen LogP contribution < -0.4 is 5.32 Å². The summed E-state index contributed by atoms with van der Waals surface area (Å²) < 4.78 is 5.68. The normalized spacial score (nSPS) is 17.6. The fourth-order valence-corrected chi connectivity index (χ4v) is 4.89. The van der Waals surface area contributed by atoms with Crippen LogP contribution in [0.5, 0.6) is 0 Å². The molecule has 1 saturated carbocycles. The van der Waals surface area contributed by atoms with Gasteiger partial charge in [-0.25, -0.2) is 4.79 Å². The molecule has 0 spiro atoms. The van der Waals surface area contributed by atoms with E-state index < -0.39 is 0 Å². The lowest BCUT2D eigenvalue weighted by Crippen LogP contribution is -2.42. The van der Waals surface area contributed by atoms with E-state index in [2.05, 4.69) is 41.7 Å². The summed E-state index contributed by atoms with van der Waals surface area (Å²) in [5, 5.41) is 12.4. The maximum Gasteiger partial charge on any atom is 0.407 e. The molecule has 0 radical (unpaired) electrons. The highest BCUT2D eigenvalue weighted by molar-refractivity contribution is 5.79. The molecule has 2 aromatic rings. The minimum Gasteiger partial charge on any atom is -0.449 e. The molecule has 0 bridgehead atoms. The Kier molecular flexibility index (Phi) is 5.96. The smallest absolute Gasteiger partial charge is 0.407 e. The van der Waals surface area contributed by atoms with E-state index in [0.717, 1.165) is 12.8 Å². The molecule has 28 heavy (non-hydrogen) atoms. The zero-order valence-corrected chi connectivity index (χ0v) is 16.3. The second-order valence-corrected chi connectivity index (χ2v) is 7.99. The number of aliphatic hydroxyl groups is 1. The van der Waals surface area contributed by atoms with E-state index in [1.165, 1.54) is 41.5 Å². The summed E-state index contributed by atoms with van der Waals surface area (Å²) in [6.45, 7) is 0.418. The number of amides is 1. The summed E-state index contributed by atoms with van der Waals surface area (Å²) in [7, 11) is 0. The van der Waals surface area contributed by atoms with Crippen LogP contribution in [0.3, 0.4) is 0 Å². The van der Waals surface area contributed by atoms with Crippen molar-refractivity contribution in [1.82, 2.24) is 5.32 Å². The van der Waals surface area contributed by atoms with Crippen LogP contribution in [-0.4, -0.2) is 30.5 Å². The van der Waals surface area contributed by atoms with Crippen molar-refractivity contribution in [3.05, 3.63) is 59.7 Å². The van der Waals surface area contributed by atoms with Crippen molar-refractivity contribution >= 4 is 6.09 Å². The van der Waals surface area contributed by atoms with E-state index in [9.17, 15) is 9.90 Å². The Balaban J connectivity index is 1.41. The molecule has 0 aliphatic heterocycles. The molecule has 4 nitrogen and oxygen atoms in total. The molecule has 148 valence electrons. The lowest BCUT2D eigenvalue weighted by atomic mass is 9.83. The standard InChI is InChI=1S/C24H29NO3/c26-15-14-23(17-8-2-1-3-9-17)25-24(27)28-16-22-20-12-6-4-10-18(20)19-11-5-7-13-21(19)22/h4-7,10-13,17,22-23,26H,1-3,8-9,14-16H2,(H,25,27)/t23-/m0/s1. The van der Waals surface area contributed by atoms with E-state index in [4.69, 9.17) is 4.74 Å². The van der Waals surface area contributed by atoms with Gasteiger partial charge in [-0.1, -0.05) is 67.8 Å². The Morgan fingerprint density at radius 2 is 1.61 bits per heavy atom. The van der Waals surface area contributed by atoms with Crippen molar-refractivity contribution < 1.29 is 14.6 Å². The molecule has 1 amide bonds. The first-order valence-electron chi connectivity index (χ1n) is 10.5. The third-order valence-electron chi connectivity index (χ3n) is 6.31. The number of carbonyl (C=O) groups excluding carboxylic acids is 1. The molecule has 2 N–H and O–H groups in total. The van der Waals surface area contributed by atoms with Crippen molar-refractivity contribution in [2.45, 2.75) is 50.5 Å². The highest BCUT2D eigenvalue weighted by Crippen LogP contribution is 2.44. The number of rotatable bonds is 6. The Labute approximate surface area is 166 Å². The molecule has 0 heterocycles. The first kappa shape index (κ1) is 19.0. The highest BCUT2D eigenvalue weighted by atomic mass is 16.5. The molecule has 1 fully saturated rings. The van der Waals surface area contributed by atoms with E-state index in [1.54, 1.807) is 0 Å². The monoisotopic (exact) mass is 379 g/mol. The zero-order valence-electron chi connectivity index (χ0n) is 16.3. The molecule has 1 atom stereocenters. The average Bonchev–Trinajstić information content (AvgIpc) is 3.06. The number of carbonyl (C=O) groups is 1. The molecule has 0 aromatic heterocycles. The van der Waals surface area contributed by atoms with Gasteiger partial charge in [-0.15, -0.1) is 0 Å². The minimum absolute atomic E-state index is 0.000880. The van der Waals surface area contributed by atoms with Crippen molar-refractivity contribution in [3.63, 3.8) is 0 Å². The lowest BCUT2D eigenvalue weighted by Gasteiger charge is -2.30.